The molecule has 5 nitrogen and oxygen atoms in total. The molecule has 0 aromatic heterocycles. The molecule has 21 heavy (non-hydrogen) atoms. The molecule has 0 aromatic rings. The summed E-state index contributed by atoms with van der Waals surface area (Å²) in [6, 6.07) is 0.0299. The number of aliphatic hydroxyl groups is 1. The highest BCUT2D eigenvalue weighted by atomic mass is 16.6. The van der Waals surface area contributed by atoms with Gasteiger partial charge in [-0.1, -0.05) is 6.08 Å². The fraction of sp³-hybridized carbons (Fsp3) is 0.812. The Morgan fingerprint density at radius 2 is 1.95 bits per heavy atom. The summed E-state index contributed by atoms with van der Waals surface area (Å²) in [5.41, 5.74) is -0.261. The van der Waals surface area contributed by atoms with Crippen LogP contribution in [0.15, 0.2) is 12.2 Å². The van der Waals surface area contributed by atoms with Crippen molar-refractivity contribution in [2.45, 2.75) is 83.8 Å². The minimum Gasteiger partial charge on any atom is -0.442 e. The van der Waals surface area contributed by atoms with Gasteiger partial charge in [0.05, 0.1) is 17.8 Å². The first-order valence-electron chi connectivity index (χ1n) is 7.67. The van der Waals surface area contributed by atoms with E-state index in [1.54, 1.807) is 12.2 Å². The van der Waals surface area contributed by atoms with Crippen molar-refractivity contribution < 1.29 is 19.4 Å². The Morgan fingerprint density at radius 1 is 1.29 bits per heavy atom. The van der Waals surface area contributed by atoms with Gasteiger partial charge in [-0.15, -0.1) is 0 Å². The monoisotopic (exact) mass is 299 g/mol. The van der Waals surface area contributed by atoms with Gasteiger partial charge in [-0.3, -0.25) is 0 Å². The first-order valence-corrected chi connectivity index (χ1v) is 7.67. The lowest BCUT2D eigenvalue weighted by atomic mass is 9.99. The number of hydrogen-bond donors (Lipinski definition) is 2. The predicted octanol–water partition coefficient (Wildman–Crippen LogP) is 2.77. The fourth-order valence-electron chi connectivity index (χ4n) is 2.26. The Morgan fingerprint density at radius 3 is 2.52 bits per heavy atom. The summed E-state index contributed by atoms with van der Waals surface area (Å²) in [5.74, 6) is 0. The molecule has 1 aliphatic carbocycles. The molecule has 1 aliphatic rings. The summed E-state index contributed by atoms with van der Waals surface area (Å²) >= 11 is 0. The molecule has 2 N–H and O–H groups in total. The molecule has 122 valence electrons. The van der Waals surface area contributed by atoms with Gasteiger partial charge < -0.3 is 19.9 Å². The van der Waals surface area contributed by atoms with Crippen molar-refractivity contribution in [2.24, 2.45) is 0 Å². The van der Waals surface area contributed by atoms with E-state index >= 15 is 0 Å². The van der Waals surface area contributed by atoms with Crippen LogP contribution >= 0.6 is 0 Å². The van der Waals surface area contributed by atoms with E-state index in [1.807, 2.05) is 34.6 Å². The maximum absolute atomic E-state index is 11.7. The molecule has 1 rings (SSSR count). The zero-order chi connectivity index (χ0) is 16.0. The van der Waals surface area contributed by atoms with E-state index in [1.165, 1.54) is 0 Å². The molecule has 0 radical (unpaired) electrons. The highest BCUT2D eigenvalue weighted by Gasteiger charge is 2.25. The number of carbonyl (C=O) groups is 1. The smallest absolute Gasteiger partial charge is 0.407 e. The van der Waals surface area contributed by atoms with Gasteiger partial charge >= 0.3 is 6.09 Å². The Kier molecular flexibility index (Phi) is 6.68. The molecule has 3 unspecified atom stereocenters. The lowest BCUT2D eigenvalue weighted by Gasteiger charge is -2.31. The van der Waals surface area contributed by atoms with Gasteiger partial charge in [0.2, 0.25) is 0 Å². The van der Waals surface area contributed by atoms with Crippen LogP contribution in [0.4, 0.5) is 4.79 Å². The molecule has 3 atom stereocenters. The number of alkyl carbamates (subject to hydrolysis) is 1. The number of amides is 1. The summed E-state index contributed by atoms with van der Waals surface area (Å²) in [5, 5.41) is 12.5. The quantitative estimate of drug-likeness (QED) is 0.786. The first-order chi connectivity index (χ1) is 9.65. The first kappa shape index (κ1) is 18.0. The van der Waals surface area contributed by atoms with Crippen molar-refractivity contribution in [2.75, 3.05) is 0 Å². The van der Waals surface area contributed by atoms with Crippen LogP contribution in [0.25, 0.3) is 0 Å². The number of rotatable bonds is 3. The molecule has 0 bridgehead atoms. The molecule has 0 saturated carbocycles. The van der Waals surface area contributed by atoms with Crippen molar-refractivity contribution in [1.82, 2.24) is 5.32 Å². The van der Waals surface area contributed by atoms with Gasteiger partial charge in [-0.2, -0.15) is 0 Å². The third-order valence-electron chi connectivity index (χ3n) is 3.01. The van der Waals surface area contributed by atoms with Gasteiger partial charge in [-0.05, 0) is 53.5 Å². The second-order valence-electron chi connectivity index (χ2n) is 6.86. The molecular formula is C16H29NO4. The van der Waals surface area contributed by atoms with Gasteiger partial charge in [0.25, 0.3) is 0 Å². The van der Waals surface area contributed by atoms with Crippen molar-refractivity contribution >= 4 is 6.09 Å². The van der Waals surface area contributed by atoms with E-state index in [4.69, 9.17) is 9.47 Å². The number of aliphatic hydroxyl groups excluding tert-OH is 1. The van der Waals surface area contributed by atoms with Crippen molar-refractivity contribution in [3.05, 3.63) is 12.2 Å². The fourth-order valence-corrected chi connectivity index (χ4v) is 2.26. The molecular weight excluding hydrogens is 270 g/mol. The normalized spacial score (nSPS) is 28.6. The van der Waals surface area contributed by atoms with Crippen LogP contribution in [0.3, 0.4) is 0 Å². The van der Waals surface area contributed by atoms with E-state index in [-0.39, 0.29) is 23.9 Å². The average Bonchev–Trinajstić information content (AvgIpc) is 2.28. The van der Waals surface area contributed by atoms with Crippen LogP contribution in [-0.4, -0.2) is 41.2 Å². The van der Waals surface area contributed by atoms with Crippen molar-refractivity contribution in [1.29, 1.82) is 0 Å². The zero-order valence-electron chi connectivity index (χ0n) is 13.8. The summed E-state index contributed by atoms with van der Waals surface area (Å²) in [7, 11) is 0. The molecule has 0 aromatic carbocycles. The maximum Gasteiger partial charge on any atom is 0.407 e. The topological polar surface area (TPSA) is 67.8 Å². The SMILES string of the molecule is CC(C)NC(=O)OC1/C=C/C(O)CCC(OC(C)(C)C)C1. The van der Waals surface area contributed by atoms with Crippen LogP contribution < -0.4 is 5.32 Å². The summed E-state index contributed by atoms with van der Waals surface area (Å²) in [4.78, 5) is 11.7. The van der Waals surface area contributed by atoms with Crippen LogP contribution in [0.5, 0.6) is 0 Å². The van der Waals surface area contributed by atoms with Gasteiger partial charge in [0, 0.05) is 12.5 Å². The Hall–Kier alpha value is -1.07. The molecule has 0 heterocycles. The van der Waals surface area contributed by atoms with E-state index in [0.717, 1.165) is 6.42 Å². The van der Waals surface area contributed by atoms with E-state index in [2.05, 4.69) is 5.32 Å². The standard InChI is InChI=1S/C16H29NO4/c1-11(2)17-15(19)20-13-8-6-12(18)7-9-14(10-13)21-16(3,4)5/h6,8,11-14,18H,7,9-10H2,1-5H3,(H,17,19)/b8-6+. The highest BCUT2D eigenvalue weighted by Crippen LogP contribution is 2.23. The summed E-state index contributed by atoms with van der Waals surface area (Å²) in [6.45, 7) is 9.76. The lowest BCUT2D eigenvalue weighted by molar-refractivity contribution is -0.0804. The van der Waals surface area contributed by atoms with Crippen molar-refractivity contribution in [3.63, 3.8) is 0 Å². The van der Waals surface area contributed by atoms with Crippen LogP contribution in [0, 0.1) is 0 Å². The molecule has 0 spiro atoms. The zero-order valence-corrected chi connectivity index (χ0v) is 13.8. The molecule has 5 heteroatoms. The van der Waals surface area contributed by atoms with Crippen molar-refractivity contribution in [3.8, 4) is 0 Å². The highest BCUT2D eigenvalue weighted by molar-refractivity contribution is 5.67. The maximum atomic E-state index is 11.7. The van der Waals surface area contributed by atoms with Crippen LogP contribution in [0.2, 0.25) is 0 Å². The van der Waals surface area contributed by atoms with E-state index in [0.29, 0.717) is 12.8 Å². The van der Waals surface area contributed by atoms with Crippen LogP contribution in [0.1, 0.15) is 53.9 Å². The molecule has 0 fully saturated rings. The Labute approximate surface area is 127 Å². The van der Waals surface area contributed by atoms with E-state index in [9.17, 15) is 9.90 Å². The Balaban J connectivity index is 2.67. The predicted molar refractivity (Wildman–Crippen MR) is 82.2 cm³/mol. The van der Waals surface area contributed by atoms with Gasteiger partial charge in [0.1, 0.15) is 6.10 Å². The van der Waals surface area contributed by atoms with Gasteiger partial charge in [-0.25, -0.2) is 4.79 Å². The molecule has 1 amide bonds. The number of hydrogen-bond acceptors (Lipinski definition) is 4. The number of nitrogens with one attached hydrogen (secondary N) is 1. The minimum absolute atomic E-state index is 0.0299. The lowest BCUT2D eigenvalue weighted by Crippen LogP contribution is -2.37. The average molecular weight is 299 g/mol. The van der Waals surface area contributed by atoms with Gasteiger partial charge in [0.15, 0.2) is 0 Å². The number of ether oxygens (including phenoxy) is 2. The second-order valence-corrected chi connectivity index (χ2v) is 6.86. The Bertz CT molecular complexity index is 360. The second kappa shape index (κ2) is 7.80. The minimum atomic E-state index is -0.518. The summed E-state index contributed by atoms with van der Waals surface area (Å²) < 4.78 is 11.4. The third-order valence-corrected chi connectivity index (χ3v) is 3.01. The third kappa shape index (κ3) is 8.07. The molecule has 0 aliphatic heterocycles. The summed E-state index contributed by atoms with van der Waals surface area (Å²) in [6.07, 6.45) is 4.07. The number of carbonyl (C=O) groups excluding carboxylic acids is 1. The molecule has 0 saturated heterocycles. The van der Waals surface area contributed by atoms with E-state index < -0.39 is 12.2 Å². The largest absolute Gasteiger partial charge is 0.442 e. The van der Waals surface area contributed by atoms with Crippen LogP contribution in [-0.2, 0) is 9.47 Å².